The molecule has 2 aromatic rings. The Bertz CT molecular complexity index is 676. The molecule has 6 heteroatoms. The molecule has 0 amide bonds. The summed E-state index contributed by atoms with van der Waals surface area (Å²) in [4.78, 5) is 11.7. The van der Waals surface area contributed by atoms with Crippen LogP contribution in [0.15, 0.2) is 40.9 Å². The molecule has 0 aliphatic heterocycles. The van der Waals surface area contributed by atoms with Crippen LogP contribution in [0.25, 0.3) is 0 Å². The van der Waals surface area contributed by atoms with Crippen molar-refractivity contribution in [2.24, 2.45) is 0 Å². The van der Waals surface area contributed by atoms with Gasteiger partial charge in [0.15, 0.2) is 5.75 Å². The largest absolute Gasteiger partial charge is 0.462 e. The zero-order valence-electron chi connectivity index (χ0n) is 11.2. The minimum absolute atomic E-state index is 0.278. The summed E-state index contributed by atoms with van der Waals surface area (Å²) in [5.41, 5.74) is 6.52. The van der Waals surface area contributed by atoms with Crippen molar-refractivity contribution in [1.82, 2.24) is 0 Å². The molecule has 2 rings (SSSR count). The standard InChI is InChI=1S/C15H13BrFNO3/c1-2-20-15(19)9-3-6-13(18)14(7-9)21-10-4-5-12(17)11(16)8-10/h3-8H,2,18H2,1H3. The number of esters is 1. The number of hydrogen-bond acceptors (Lipinski definition) is 4. The highest BCUT2D eigenvalue weighted by Gasteiger charge is 2.11. The molecule has 0 aliphatic rings. The number of carbonyl (C=O) groups excluding carboxylic acids is 1. The molecule has 0 saturated heterocycles. The lowest BCUT2D eigenvalue weighted by atomic mass is 10.2. The molecule has 2 aromatic carbocycles. The fourth-order valence-electron chi connectivity index (χ4n) is 1.63. The number of nitrogens with two attached hydrogens (primary N) is 1. The molecular formula is C15H13BrFNO3. The van der Waals surface area contributed by atoms with Gasteiger partial charge in [-0.1, -0.05) is 0 Å². The minimum atomic E-state index is -0.456. The van der Waals surface area contributed by atoms with E-state index in [2.05, 4.69) is 15.9 Å². The van der Waals surface area contributed by atoms with Gasteiger partial charge in [-0.15, -0.1) is 0 Å². The van der Waals surface area contributed by atoms with Crippen molar-refractivity contribution in [2.75, 3.05) is 12.3 Å². The van der Waals surface area contributed by atoms with Crippen LogP contribution in [0.4, 0.5) is 10.1 Å². The van der Waals surface area contributed by atoms with E-state index in [9.17, 15) is 9.18 Å². The molecule has 0 bridgehead atoms. The van der Waals surface area contributed by atoms with E-state index in [-0.39, 0.29) is 11.1 Å². The summed E-state index contributed by atoms with van der Waals surface area (Å²) < 4.78 is 24.0. The summed E-state index contributed by atoms with van der Waals surface area (Å²) in [7, 11) is 0. The van der Waals surface area contributed by atoms with Gasteiger partial charge in [-0.3, -0.25) is 0 Å². The third kappa shape index (κ3) is 3.72. The van der Waals surface area contributed by atoms with Gasteiger partial charge < -0.3 is 15.2 Å². The quantitative estimate of drug-likeness (QED) is 0.662. The summed E-state index contributed by atoms with van der Waals surface area (Å²) in [5, 5.41) is 0. The van der Waals surface area contributed by atoms with Crippen LogP contribution in [-0.2, 0) is 4.74 Å². The van der Waals surface area contributed by atoms with Crippen LogP contribution in [0.5, 0.6) is 11.5 Å². The predicted octanol–water partition coefficient (Wildman–Crippen LogP) is 4.14. The van der Waals surface area contributed by atoms with Gasteiger partial charge in [0.2, 0.25) is 0 Å². The fourth-order valence-corrected chi connectivity index (χ4v) is 1.99. The smallest absolute Gasteiger partial charge is 0.338 e. The topological polar surface area (TPSA) is 61.5 Å². The first-order valence-electron chi connectivity index (χ1n) is 6.20. The number of benzene rings is 2. The van der Waals surface area contributed by atoms with Crippen LogP contribution >= 0.6 is 15.9 Å². The molecule has 0 radical (unpaired) electrons. The average Bonchev–Trinajstić information content (AvgIpc) is 2.45. The molecule has 0 spiro atoms. The Morgan fingerprint density at radius 1 is 1.29 bits per heavy atom. The number of rotatable bonds is 4. The molecule has 0 heterocycles. The molecule has 0 atom stereocenters. The van der Waals surface area contributed by atoms with Gasteiger partial charge in [0.1, 0.15) is 11.6 Å². The number of carbonyl (C=O) groups is 1. The average molecular weight is 354 g/mol. The SMILES string of the molecule is CCOC(=O)c1ccc(N)c(Oc2ccc(F)c(Br)c2)c1. The highest BCUT2D eigenvalue weighted by atomic mass is 79.9. The molecule has 21 heavy (non-hydrogen) atoms. The number of nitrogen functional groups attached to an aromatic ring is 1. The van der Waals surface area contributed by atoms with E-state index in [1.54, 1.807) is 19.1 Å². The Balaban J connectivity index is 2.28. The predicted molar refractivity (Wildman–Crippen MR) is 81.0 cm³/mol. The van der Waals surface area contributed by atoms with Crippen molar-refractivity contribution in [3.63, 3.8) is 0 Å². The van der Waals surface area contributed by atoms with Crippen molar-refractivity contribution in [1.29, 1.82) is 0 Å². The lowest BCUT2D eigenvalue weighted by molar-refractivity contribution is 0.0526. The Morgan fingerprint density at radius 3 is 2.71 bits per heavy atom. The van der Waals surface area contributed by atoms with E-state index >= 15 is 0 Å². The second-order valence-corrected chi connectivity index (χ2v) is 5.01. The first kappa shape index (κ1) is 15.3. The number of hydrogen-bond donors (Lipinski definition) is 1. The summed E-state index contributed by atoms with van der Waals surface area (Å²) >= 11 is 3.08. The zero-order chi connectivity index (χ0) is 15.4. The number of anilines is 1. The molecule has 0 aliphatic carbocycles. The number of ether oxygens (including phenoxy) is 2. The van der Waals surface area contributed by atoms with Gasteiger partial charge in [-0.2, -0.15) is 0 Å². The molecule has 0 saturated carbocycles. The third-order valence-electron chi connectivity index (χ3n) is 2.64. The van der Waals surface area contributed by atoms with Gasteiger partial charge in [0, 0.05) is 0 Å². The monoisotopic (exact) mass is 353 g/mol. The van der Waals surface area contributed by atoms with Gasteiger partial charge in [-0.25, -0.2) is 9.18 Å². The van der Waals surface area contributed by atoms with Crippen LogP contribution in [0.1, 0.15) is 17.3 Å². The molecule has 0 fully saturated rings. The van der Waals surface area contributed by atoms with Crippen molar-refractivity contribution >= 4 is 27.6 Å². The van der Waals surface area contributed by atoms with Crippen molar-refractivity contribution < 1.29 is 18.7 Å². The highest BCUT2D eigenvalue weighted by Crippen LogP contribution is 2.31. The van der Waals surface area contributed by atoms with Crippen LogP contribution in [0.2, 0.25) is 0 Å². The Hall–Kier alpha value is -2.08. The Labute approximate surface area is 129 Å². The van der Waals surface area contributed by atoms with E-state index in [0.29, 0.717) is 22.7 Å². The summed E-state index contributed by atoms with van der Waals surface area (Å²) in [6.07, 6.45) is 0. The molecule has 110 valence electrons. The third-order valence-corrected chi connectivity index (χ3v) is 3.25. The minimum Gasteiger partial charge on any atom is -0.462 e. The first-order chi connectivity index (χ1) is 10.0. The van der Waals surface area contributed by atoms with E-state index in [1.165, 1.54) is 24.3 Å². The summed E-state index contributed by atoms with van der Waals surface area (Å²) in [6.45, 7) is 2.01. The van der Waals surface area contributed by atoms with Crippen LogP contribution in [0.3, 0.4) is 0 Å². The lowest BCUT2D eigenvalue weighted by Crippen LogP contribution is -2.05. The molecule has 0 unspecified atom stereocenters. The molecule has 4 nitrogen and oxygen atoms in total. The Kier molecular flexibility index (Phi) is 4.80. The summed E-state index contributed by atoms with van der Waals surface area (Å²) in [5.74, 6) is -0.145. The Morgan fingerprint density at radius 2 is 2.05 bits per heavy atom. The van der Waals surface area contributed by atoms with Gasteiger partial charge >= 0.3 is 5.97 Å². The number of halogens is 2. The van der Waals surface area contributed by atoms with Crippen LogP contribution in [0, 0.1) is 5.82 Å². The van der Waals surface area contributed by atoms with E-state index in [1.807, 2.05) is 0 Å². The van der Waals surface area contributed by atoms with Crippen molar-refractivity contribution in [3.05, 3.63) is 52.3 Å². The zero-order valence-corrected chi connectivity index (χ0v) is 12.8. The van der Waals surface area contributed by atoms with Crippen LogP contribution in [-0.4, -0.2) is 12.6 Å². The van der Waals surface area contributed by atoms with E-state index in [0.717, 1.165) is 0 Å². The summed E-state index contributed by atoms with van der Waals surface area (Å²) in [6, 6.07) is 8.82. The van der Waals surface area contributed by atoms with Crippen LogP contribution < -0.4 is 10.5 Å². The van der Waals surface area contributed by atoms with E-state index in [4.69, 9.17) is 15.2 Å². The normalized spacial score (nSPS) is 10.2. The fraction of sp³-hybridized carbons (Fsp3) is 0.133. The molecule has 2 N–H and O–H groups in total. The maximum Gasteiger partial charge on any atom is 0.338 e. The van der Waals surface area contributed by atoms with Gasteiger partial charge in [-0.05, 0) is 59.3 Å². The highest BCUT2D eigenvalue weighted by molar-refractivity contribution is 9.10. The lowest BCUT2D eigenvalue weighted by Gasteiger charge is -2.10. The molecular weight excluding hydrogens is 341 g/mol. The second kappa shape index (κ2) is 6.58. The maximum atomic E-state index is 13.2. The van der Waals surface area contributed by atoms with Crippen molar-refractivity contribution in [3.8, 4) is 11.5 Å². The van der Waals surface area contributed by atoms with Crippen molar-refractivity contribution in [2.45, 2.75) is 6.92 Å². The van der Waals surface area contributed by atoms with E-state index < -0.39 is 11.8 Å². The first-order valence-corrected chi connectivity index (χ1v) is 7.00. The van der Waals surface area contributed by atoms with Gasteiger partial charge in [0.05, 0.1) is 22.3 Å². The van der Waals surface area contributed by atoms with Gasteiger partial charge in [0.25, 0.3) is 0 Å². The maximum absolute atomic E-state index is 13.2. The molecule has 0 aromatic heterocycles. The second-order valence-electron chi connectivity index (χ2n) is 4.15.